The lowest BCUT2D eigenvalue weighted by Crippen LogP contribution is -2.08. The van der Waals surface area contributed by atoms with Crippen LogP contribution in [0.5, 0.6) is 0 Å². The van der Waals surface area contributed by atoms with E-state index >= 15 is 0 Å². The lowest BCUT2D eigenvalue weighted by Gasteiger charge is -2.08. The fourth-order valence-corrected chi connectivity index (χ4v) is 3.29. The number of halogens is 3. The second kappa shape index (κ2) is 5.38. The fraction of sp³-hybridized carbons (Fsp3) is 0.0769. The van der Waals surface area contributed by atoms with Crippen LogP contribution in [0.25, 0.3) is 0 Å². The van der Waals surface area contributed by atoms with Crippen LogP contribution >= 0.6 is 11.6 Å². The Morgan fingerprint density at radius 1 is 1.10 bits per heavy atom. The van der Waals surface area contributed by atoms with E-state index in [-0.39, 0.29) is 15.6 Å². The molecule has 2 N–H and O–H groups in total. The maximum absolute atomic E-state index is 13.5. The summed E-state index contributed by atoms with van der Waals surface area (Å²) in [4.78, 5) is -0.139. The van der Waals surface area contributed by atoms with E-state index in [1.54, 1.807) is 0 Å². The van der Waals surface area contributed by atoms with Crippen LogP contribution in [-0.4, -0.2) is 8.42 Å². The van der Waals surface area contributed by atoms with Gasteiger partial charge in [0.05, 0.1) is 21.4 Å². The van der Waals surface area contributed by atoms with Gasteiger partial charge in [0.2, 0.25) is 0 Å². The first-order chi connectivity index (χ1) is 9.31. The molecular weight excluding hydrogens is 308 g/mol. The van der Waals surface area contributed by atoms with E-state index in [0.717, 1.165) is 18.2 Å². The number of anilines is 1. The predicted octanol–water partition coefficient (Wildman–Crippen LogP) is 3.17. The number of hydrogen-bond donors (Lipinski definition) is 1. The highest BCUT2D eigenvalue weighted by molar-refractivity contribution is 7.90. The maximum Gasteiger partial charge on any atom is 0.182 e. The summed E-state index contributed by atoms with van der Waals surface area (Å²) in [6, 6.07) is 6.90. The van der Waals surface area contributed by atoms with Crippen molar-refractivity contribution in [2.24, 2.45) is 0 Å². The average Bonchev–Trinajstić information content (AvgIpc) is 2.37. The monoisotopic (exact) mass is 317 g/mol. The van der Waals surface area contributed by atoms with Gasteiger partial charge in [0.15, 0.2) is 9.84 Å². The van der Waals surface area contributed by atoms with E-state index in [1.165, 1.54) is 18.2 Å². The van der Waals surface area contributed by atoms with Crippen molar-refractivity contribution in [1.82, 2.24) is 0 Å². The molecular formula is C13H10ClF2NO2S. The zero-order valence-corrected chi connectivity index (χ0v) is 11.7. The van der Waals surface area contributed by atoms with Crippen LogP contribution in [-0.2, 0) is 15.6 Å². The molecule has 0 fully saturated rings. The van der Waals surface area contributed by atoms with Crippen molar-refractivity contribution in [3.8, 4) is 0 Å². The smallest absolute Gasteiger partial charge is 0.182 e. The van der Waals surface area contributed by atoms with Gasteiger partial charge >= 0.3 is 0 Å². The van der Waals surface area contributed by atoms with Crippen molar-refractivity contribution in [2.45, 2.75) is 10.6 Å². The van der Waals surface area contributed by atoms with Crippen LogP contribution in [0.15, 0.2) is 41.3 Å². The highest BCUT2D eigenvalue weighted by atomic mass is 35.5. The third kappa shape index (κ3) is 2.91. The first-order valence-corrected chi connectivity index (χ1v) is 7.55. The highest BCUT2D eigenvalue weighted by Crippen LogP contribution is 2.26. The van der Waals surface area contributed by atoms with Gasteiger partial charge in [-0.3, -0.25) is 0 Å². The van der Waals surface area contributed by atoms with Gasteiger partial charge in [-0.1, -0.05) is 17.7 Å². The lowest BCUT2D eigenvalue weighted by molar-refractivity contribution is 0.556. The van der Waals surface area contributed by atoms with Crippen molar-refractivity contribution in [1.29, 1.82) is 0 Å². The summed E-state index contributed by atoms with van der Waals surface area (Å²) < 4.78 is 51.3. The molecule has 3 nitrogen and oxygen atoms in total. The number of rotatable bonds is 3. The summed E-state index contributed by atoms with van der Waals surface area (Å²) in [6.07, 6.45) is 0. The number of benzene rings is 2. The molecule has 0 bridgehead atoms. The van der Waals surface area contributed by atoms with Crippen LogP contribution in [0.4, 0.5) is 14.5 Å². The van der Waals surface area contributed by atoms with Crippen LogP contribution in [0.3, 0.4) is 0 Å². The van der Waals surface area contributed by atoms with Crippen LogP contribution in [0.1, 0.15) is 5.56 Å². The molecule has 20 heavy (non-hydrogen) atoms. The molecule has 2 aromatic rings. The van der Waals surface area contributed by atoms with E-state index in [4.69, 9.17) is 17.3 Å². The zero-order valence-electron chi connectivity index (χ0n) is 10.1. The SMILES string of the molecule is Nc1ccc(S(=O)(=O)Cc2c(F)cccc2F)cc1Cl. The Hall–Kier alpha value is -1.66. The largest absolute Gasteiger partial charge is 0.398 e. The number of nitrogen functional groups attached to an aromatic ring is 1. The zero-order chi connectivity index (χ0) is 14.9. The number of hydrogen-bond acceptors (Lipinski definition) is 3. The van der Waals surface area contributed by atoms with Crippen molar-refractivity contribution in [3.05, 3.63) is 58.6 Å². The molecule has 0 saturated carbocycles. The van der Waals surface area contributed by atoms with Gasteiger partial charge in [0.1, 0.15) is 11.6 Å². The first kappa shape index (κ1) is 14.7. The summed E-state index contributed by atoms with van der Waals surface area (Å²) in [5.74, 6) is -2.60. The second-order valence-electron chi connectivity index (χ2n) is 4.14. The van der Waals surface area contributed by atoms with E-state index < -0.39 is 32.8 Å². The first-order valence-electron chi connectivity index (χ1n) is 5.52. The molecule has 0 aliphatic rings. The fourth-order valence-electron chi connectivity index (χ4n) is 1.64. The Morgan fingerprint density at radius 3 is 2.25 bits per heavy atom. The van der Waals surface area contributed by atoms with Gasteiger partial charge in [-0.25, -0.2) is 17.2 Å². The van der Waals surface area contributed by atoms with Gasteiger partial charge < -0.3 is 5.73 Å². The Kier molecular flexibility index (Phi) is 3.96. The summed E-state index contributed by atoms with van der Waals surface area (Å²) in [5.41, 5.74) is 5.21. The minimum Gasteiger partial charge on any atom is -0.398 e. The van der Waals surface area contributed by atoms with E-state index in [9.17, 15) is 17.2 Å². The molecule has 0 unspecified atom stereocenters. The van der Waals surface area contributed by atoms with Crippen LogP contribution in [0, 0.1) is 11.6 Å². The van der Waals surface area contributed by atoms with Gasteiger partial charge in [-0.05, 0) is 30.3 Å². The van der Waals surface area contributed by atoms with Crippen LogP contribution in [0.2, 0.25) is 5.02 Å². The van der Waals surface area contributed by atoms with Gasteiger partial charge in [-0.15, -0.1) is 0 Å². The molecule has 0 atom stereocenters. The average molecular weight is 318 g/mol. The summed E-state index contributed by atoms with van der Waals surface area (Å²) in [6.45, 7) is 0. The number of nitrogens with two attached hydrogens (primary N) is 1. The quantitative estimate of drug-likeness (QED) is 0.884. The lowest BCUT2D eigenvalue weighted by atomic mass is 10.2. The van der Waals surface area contributed by atoms with Crippen molar-refractivity contribution >= 4 is 27.1 Å². The van der Waals surface area contributed by atoms with Crippen molar-refractivity contribution < 1.29 is 17.2 Å². The molecule has 106 valence electrons. The normalized spacial score (nSPS) is 11.6. The molecule has 2 aromatic carbocycles. The van der Waals surface area contributed by atoms with E-state index in [1.807, 2.05) is 0 Å². The van der Waals surface area contributed by atoms with Gasteiger partial charge in [0, 0.05) is 5.56 Å². The molecule has 2 rings (SSSR count). The molecule has 0 aliphatic heterocycles. The van der Waals surface area contributed by atoms with Crippen molar-refractivity contribution in [2.75, 3.05) is 5.73 Å². The second-order valence-corrected chi connectivity index (χ2v) is 6.54. The Balaban J connectivity index is 2.43. The predicted molar refractivity (Wildman–Crippen MR) is 73.1 cm³/mol. The van der Waals surface area contributed by atoms with Crippen molar-refractivity contribution in [3.63, 3.8) is 0 Å². The molecule has 0 aromatic heterocycles. The summed E-state index contributed by atoms with van der Waals surface area (Å²) in [7, 11) is -3.92. The molecule has 0 aliphatic carbocycles. The molecule has 0 radical (unpaired) electrons. The summed E-state index contributed by atoms with van der Waals surface area (Å²) in [5, 5.41) is 0.0695. The Bertz CT molecular complexity index is 743. The number of sulfone groups is 1. The van der Waals surface area contributed by atoms with Gasteiger partial charge in [-0.2, -0.15) is 0 Å². The Labute approximate surface area is 119 Å². The van der Waals surface area contributed by atoms with E-state index in [2.05, 4.69) is 0 Å². The topological polar surface area (TPSA) is 60.2 Å². The highest BCUT2D eigenvalue weighted by Gasteiger charge is 2.21. The van der Waals surface area contributed by atoms with E-state index in [0.29, 0.717) is 0 Å². The third-order valence-corrected chi connectivity index (χ3v) is 4.70. The molecule has 7 heteroatoms. The minimum atomic E-state index is -3.92. The standard InChI is InChI=1S/C13H10ClF2NO2S/c14-10-6-8(4-5-13(10)17)20(18,19)7-9-11(15)2-1-3-12(9)16/h1-6H,7,17H2. The summed E-state index contributed by atoms with van der Waals surface area (Å²) >= 11 is 5.75. The molecule has 0 spiro atoms. The maximum atomic E-state index is 13.5. The molecule has 0 amide bonds. The minimum absolute atomic E-state index is 0.0695. The van der Waals surface area contributed by atoms with Gasteiger partial charge in [0.25, 0.3) is 0 Å². The molecule has 0 saturated heterocycles. The third-order valence-electron chi connectivity index (χ3n) is 2.73. The van der Waals surface area contributed by atoms with Crippen LogP contribution < -0.4 is 5.73 Å². The Morgan fingerprint density at radius 2 is 1.70 bits per heavy atom. The molecule has 0 heterocycles.